The molecule has 0 saturated heterocycles. The Morgan fingerprint density at radius 2 is 1.86 bits per heavy atom. The van der Waals surface area contributed by atoms with Gasteiger partial charge in [0.15, 0.2) is 0 Å². The Kier molecular flexibility index (Phi) is 4.49. The number of nitrogens with one attached hydrogen (secondary N) is 1. The summed E-state index contributed by atoms with van der Waals surface area (Å²) in [7, 11) is 0. The van der Waals surface area contributed by atoms with E-state index in [0.29, 0.717) is 11.1 Å². The van der Waals surface area contributed by atoms with Crippen LogP contribution in [0.5, 0.6) is 5.75 Å². The number of carbonyl (C=O) groups is 1. The fourth-order valence-corrected chi connectivity index (χ4v) is 1.72. The number of carbonyl (C=O) groups excluding carboxylic acids is 1. The van der Waals surface area contributed by atoms with Gasteiger partial charge >= 0.3 is 0 Å². The zero-order valence-corrected chi connectivity index (χ0v) is 11.2. The zero-order valence-electron chi connectivity index (χ0n) is 10.5. The van der Waals surface area contributed by atoms with E-state index in [-0.39, 0.29) is 16.9 Å². The van der Waals surface area contributed by atoms with Crippen LogP contribution in [0.4, 0.5) is 8.78 Å². The van der Waals surface area contributed by atoms with E-state index in [1.807, 2.05) is 0 Å². The van der Waals surface area contributed by atoms with Crippen LogP contribution in [0.2, 0.25) is 5.02 Å². The van der Waals surface area contributed by atoms with Crippen molar-refractivity contribution in [2.24, 2.45) is 5.10 Å². The van der Waals surface area contributed by atoms with Crippen LogP contribution in [-0.2, 0) is 0 Å². The summed E-state index contributed by atoms with van der Waals surface area (Å²) < 4.78 is 25.9. The van der Waals surface area contributed by atoms with E-state index >= 15 is 0 Å². The minimum atomic E-state index is -0.864. The van der Waals surface area contributed by atoms with Crippen molar-refractivity contribution in [3.8, 4) is 5.75 Å². The summed E-state index contributed by atoms with van der Waals surface area (Å²) in [5.74, 6) is -2.59. The SMILES string of the molecule is O=C(N/N=C\c1cc(Cl)ccc1O)c1cc(F)cc(F)c1. The highest BCUT2D eigenvalue weighted by molar-refractivity contribution is 6.30. The molecule has 2 N–H and O–H groups in total. The molecule has 0 aliphatic heterocycles. The second kappa shape index (κ2) is 6.32. The quantitative estimate of drug-likeness (QED) is 0.676. The normalized spacial score (nSPS) is 10.8. The number of nitrogens with zero attached hydrogens (tertiary/aromatic N) is 1. The first-order valence-electron chi connectivity index (χ1n) is 5.74. The third-order valence-electron chi connectivity index (χ3n) is 2.48. The van der Waals surface area contributed by atoms with E-state index in [0.717, 1.165) is 18.3 Å². The Labute approximate surface area is 123 Å². The molecule has 2 aromatic carbocycles. The monoisotopic (exact) mass is 310 g/mol. The highest BCUT2D eigenvalue weighted by atomic mass is 35.5. The molecule has 1 amide bonds. The van der Waals surface area contributed by atoms with Crippen molar-refractivity contribution in [3.05, 3.63) is 64.2 Å². The van der Waals surface area contributed by atoms with Gasteiger partial charge in [0.1, 0.15) is 17.4 Å². The van der Waals surface area contributed by atoms with E-state index in [2.05, 4.69) is 10.5 Å². The Balaban J connectivity index is 2.10. The van der Waals surface area contributed by atoms with Crippen LogP contribution in [0.3, 0.4) is 0 Å². The summed E-state index contributed by atoms with van der Waals surface area (Å²) in [6, 6.07) is 6.71. The van der Waals surface area contributed by atoms with Gasteiger partial charge in [-0.15, -0.1) is 0 Å². The molecule has 0 aromatic heterocycles. The summed E-state index contributed by atoms with van der Waals surface area (Å²) >= 11 is 5.75. The van der Waals surface area contributed by atoms with Gasteiger partial charge in [-0.1, -0.05) is 11.6 Å². The molecule has 2 rings (SSSR count). The fraction of sp³-hybridized carbons (Fsp3) is 0. The van der Waals surface area contributed by atoms with Crippen LogP contribution in [0.15, 0.2) is 41.5 Å². The predicted molar refractivity (Wildman–Crippen MR) is 74.5 cm³/mol. The Morgan fingerprint density at radius 1 is 1.19 bits per heavy atom. The molecule has 0 bridgehead atoms. The topological polar surface area (TPSA) is 61.7 Å². The second-order valence-corrected chi connectivity index (χ2v) is 4.50. The lowest BCUT2D eigenvalue weighted by Crippen LogP contribution is -2.18. The van der Waals surface area contributed by atoms with Gasteiger partial charge in [0.25, 0.3) is 5.91 Å². The van der Waals surface area contributed by atoms with E-state index in [4.69, 9.17) is 11.6 Å². The Bertz CT molecular complexity index is 700. The van der Waals surface area contributed by atoms with Gasteiger partial charge in [-0.2, -0.15) is 5.10 Å². The van der Waals surface area contributed by atoms with Crippen LogP contribution in [0.25, 0.3) is 0 Å². The van der Waals surface area contributed by atoms with Crippen LogP contribution in [-0.4, -0.2) is 17.2 Å². The summed E-state index contributed by atoms with van der Waals surface area (Å²) in [5.41, 5.74) is 2.17. The smallest absolute Gasteiger partial charge is 0.271 e. The van der Waals surface area contributed by atoms with Gasteiger partial charge < -0.3 is 5.11 Å². The number of phenols is 1. The molecule has 4 nitrogen and oxygen atoms in total. The van der Waals surface area contributed by atoms with E-state index in [1.165, 1.54) is 18.2 Å². The number of benzene rings is 2. The van der Waals surface area contributed by atoms with Gasteiger partial charge in [0, 0.05) is 22.2 Å². The molecule has 0 atom stereocenters. The first kappa shape index (κ1) is 14.9. The molecule has 0 radical (unpaired) electrons. The number of hydrogen-bond acceptors (Lipinski definition) is 3. The van der Waals surface area contributed by atoms with Crippen molar-refractivity contribution in [3.63, 3.8) is 0 Å². The van der Waals surface area contributed by atoms with E-state index < -0.39 is 17.5 Å². The van der Waals surface area contributed by atoms with Crippen molar-refractivity contribution < 1.29 is 18.7 Å². The molecule has 0 aliphatic rings. The average molecular weight is 311 g/mol. The maximum absolute atomic E-state index is 13.0. The lowest BCUT2D eigenvalue weighted by Gasteiger charge is -2.01. The van der Waals surface area contributed by atoms with Gasteiger partial charge in [0.2, 0.25) is 0 Å². The van der Waals surface area contributed by atoms with Gasteiger partial charge in [0.05, 0.1) is 6.21 Å². The summed E-state index contributed by atoms with van der Waals surface area (Å²) in [6.45, 7) is 0. The minimum absolute atomic E-state index is 0.0748. The van der Waals surface area contributed by atoms with Crippen molar-refractivity contribution >= 4 is 23.7 Å². The van der Waals surface area contributed by atoms with Crippen LogP contribution in [0.1, 0.15) is 15.9 Å². The third-order valence-corrected chi connectivity index (χ3v) is 2.72. The Hall–Kier alpha value is -2.47. The predicted octanol–water partition coefficient (Wildman–Crippen LogP) is 3.09. The van der Waals surface area contributed by atoms with Crippen molar-refractivity contribution in [1.82, 2.24) is 5.43 Å². The van der Waals surface area contributed by atoms with Crippen molar-refractivity contribution in [1.29, 1.82) is 0 Å². The molecular weight excluding hydrogens is 302 g/mol. The van der Waals surface area contributed by atoms with E-state index in [9.17, 15) is 18.7 Å². The number of amides is 1. The zero-order chi connectivity index (χ0) is 15.4. The fourth-order valence-electron chi connectivity index (χ4n) is 1.54. The molecule has 108 valence electrons. The number of phenolic OH excluding ortho intramolecular Hbond substituents is 1. The first-order valence-corrected chi connectivity index (χ1v) is 6.11. The summed E-state index contributed by atoms with van der Waals surface area (Å²) in [5, 5.41) is 13.5. The standard InChI is InChI=1S/C14H9ClF2N2O2/c15-10-1-2-13(20)9(3-10)7-18-19-14(21)8-4-11(16)6-12(17)5-8/h1-7,20H,(H,19,21)/b18-7-. The second-order valence-electron chi connectivity index (χ2n) is 4.06. The van der Waals surface area contributed by atoms with E-state index in [1.54, 1.807) is 0 Å². The number of hydrazone groups is 1. The highest BCUT2D eigenvalue weighted by Gasteiger charge is 2.08. The summed E-state index contributed by atoms with van der Waals surface area (Å²) in [6.07, 6.45) is 1.16. The molecule has 0 fully saturated rings. The molecule has 0 heterocycles. The Morgan fingerprint density at radius 3 is 2.52 bits per heavy atom. The van der Waals surface area contributed by atoms with Crippen LogP contribution >= 0.6 is 11.6 Å². The largest absolute Gasteiger partial charge is 0.507 e. The number of rotatable bonds is 3. The third kappa shape index (κ3) is 4.00. The molecule has 0 aliphatic carbocycles. The lowest BCUT2D eigenvalue weighted by molar-refractivity contribution is 0.0954. The maximum Gasteiger partial charge on any atom is 0.271 e. The molecule has 7 heteroatoms. The molecule has 0 unspecified atom stereocenters. The van der Waals surface area contributed by atoms with Gasteiger partial charge in [-0.05, 0) is 30.3 Å². The molecular formula is C14H9ClF2N2O2. The van der Waals surface area contributed by atoms with Crippen molar-refractivity contribution in [2.75, 3.05) is 0 Å². The van der Waals surface area contributed by atoms with Gasteiger partial charge in [-0.3, -0.25) is 4.79 Å². The highest BCUT2D eigenvalue weighted by Crippen LogP contribution is 2.19. The molecule has 21 heavy (non-hydrogen) atoms. The molecule has 2 aromatic rings. The number of aromatic hydroxyl groups is 1. The minimum Gasteiger partial charge on any atom is -0.507 e. The van der Waals surface area contributed by atoms with Crippen LogP contribution < -0.4 is 5.43 Å². The number of hydrogen-bond donors (Lipinski definition) is 2. The average Bonchev–Trinajstić information content (AvgIpc) is 2.41. The summed E-state index contributed by atoms with van der Waals surface area (Å²) in [4.78, 5) is 11.6. The van der Waals surface area contributed by atoms with Crippen molar-refractivity contribution in [2.45, 2.75) is 0 Å². The maximum atomic E-state index is 13.0. The number of halogens is 3. The molecule has 0 spiro atoms. The lowest BCUT2D eigenvalue weighted by atomic mass is 10.2. The first-order chi connectivity index (χ1) is 9.95. The molecule has 0 saturated carbocycles. The van der Waals surface area contributed by atoms with Crippen LogP contribution in [0, 0.1) is 11.6 Å². The van der Waals surface area contributed by atoms with Gasteiger partial charge in [-0.25, -0.2) is 14.2 Å².